The largest absolute Gasteiger partial charge is 0.490 e. The zero-order valence-corrected chi connectivity index (χ0v) is 19.4. The fourth-order valence-electron chi connectivity index (χ4n) is 5.09. The topological polar surface area (TPSA) is 89.6 Å². The third-order valence-corrected chi connectivity index (χ3v) is 7.82. The van der Waals surface area contributed by atoms with Gasteiger partial charge in [0.05, 0.1) is 5.02 Å². The van der Waals surface area contributed by atoms with Crippen molar-refractivity contribution in [3.8, 4) is 16.9 Å². The summed E-state index contributed by atoms with van der Waals surface area (Å²) >= 11 is 7.62. The SMILES string of the molecule is CC(F)(F)C(=O)N[C@H]1CC[C@@H]2Oc3ccc(-c4cncc(Cl)c4)cc3C3(CSC(N)=N3)[C@H]2C1. The molecule has 3 aliphatic rings. The molecule has 1 saturated carbocycles. The molecule has 0 bridgehead atoms. The Morgan fingerprint density at radius 2 is 2.12 bits per heavy atom. The Morgan fingerprint density at radius 1 is 1.30 bits per heavy atom. The van der Waals surface area contributed by atoms with Gasteiger partial charge in [-0.15, -0.1) is 0 Å². The van der Waals surface area contributed by atoms with Gasteiger partial charge in [-0.1, -0.05) is 29.4 Å². The van der Waals surface area contributed by atoms with Crippen molar-refractivity contribution < 1.29 is 18.3 Å². The zero-order valence-electron chi connectivity index (χ0n) is 17.9. The molecule has 4 atom stereocenters. The second kappa shape index (κ2) is 8.13. The van der Waals surface area contributed by atoms with Crippen LogP contribution in [0.5, 0.6) is 5.75 Å². The number of rotatable bonds is 3. The summed E-state index contributed by atoms with van der Waals surface area (Å²) in [6.07, 6.45) is 4.85. The Labute approximate surface area is 199 Å². The van der Waals surface area contributed by atoms with E-state index in [-0.39, 0.29) is 18.1 Å². The molecule has 1 aromatic heterocycles. The highest BCUT2D eigenvalue weighted by molar-refractivity contribution is 8.14. The van der Waals surface area contributed by atoms with E-state index >= 15 is 0 Å². The minimum Gasteiger partial charge on any atom is -0.490 e. The molecule has 1 amide bonds. The van der Waals surface area contributed by atoms with Crippen LogP contribution in [0.4, 0.5) is 8.78 Å². The van der Waals surface area contributed by atoms with E-state index in [1.165, 1.54) is 11.8 Å². The Balaban J connectivity index is 1.53. The summed E-state index contributed by atoms with van der Waals surface area (Å²) in [5.74, 6) is -3.42. The van der Waals surface area contributed by atoms with Crippen LogP contribution in [0.2, 0.25) is 5.02 Å². The van der Waals surface area contributed by atoms with Crippen molar-refractivity contribution in [1.29, 1.82) is 0 Å². The smallest absolute Gasteiger partial charge is 0.321 e. The molecule has 10 heteroatoms. The van der Waals surface area contributed by atoms with Gasteiger partial charge in [-0.3, -0.25) is 9.78 Å². The molecule has 2 aliphatic heterocycles. The molecule has 0 saturated heterocycles. The van der Waals surface area contributed by atoms with Gasteiger partial charge in [0.1, 0.15) is 17.4 Å². The van der Waals surface area contributed by atoms with E-state index < -0.39 is 17.4 Å². The number of pyridine rings is 1. The second-order valence-electron chi connectivity index (χ2n) is 8.90. The standard InChI is InChI=1S/C23H23ClF2N4O2S/c1-22(25,26)20(31)29-15-3-5-19-17(8-15)23(11-33-21(27)30-23)16-7-12(2-4-18(16)32-19)13-6-14(24)10-28-9-13/h2,4,6-7,9-10,15,17,19H,3,5,8,11H2,1H3,(H2,27,30)(H,29,31)/t15-,17-,19-,23?/m0/s1. The molecule has 1 aliphatic carbocycles. The summed E-state index contributed by atoms with van der Waals surface area (Å²) in [7, 11) is 0. The second-order valence-corrected chi connectivity index (χ2v) is 10.3. The van der Waals surface area contributed by atoms with Crippen LogP contribution in [-0.2, 0) is 10.3 Å². The lowest BCUT2D eigenvalue weighted by Crippen LogP contribution is -2.55. The molecular weight excluding hydrogens is 470 g/mol. The fourth-order valence-corrected chi connectivity index (χ4v) is 6.29. The number of amides is 1. The van der Waals surface area contributed by atoms with Gasteiger partial charge >= 0.3 is 5.92 Å². The van der Waals surface area contributed by atoms with Gasteiger partial charge in [0, 0.05) is 48.2 Å². The first-order chi connectivity index (χ1) is 15.7. The first kappa shape index (κ1) is 22.4. The number of ether oxygens (including phenoxy) is 1. The van der Waals surface area contributed by atoms with Crippen LogP contribution < -0.4 is 15.8 Å². The highest BCUT2D eigenvalue weighted by Crippen LogP contribution is 2.55. The van der Waals surface area contributed by atoms with Crippen LogP contribution in [0.25, 0.3) is 11.1 Å². The van der Waals surface area contributed by atoms with Crippen molar-refractivity contribution in [1.82, 2.24) is 10.3 Å². The number of nitrogens with two attached hydrogens (primary N) is 1. The van der Waals surface area contributed by atoms with Gasteiger partial charge in [0.2, 0.25) is 0 Å². The maximum absolute atomic E-state index is 13.5. The van der Waals surface area contributed by atoms with Crippen molar-refractivity contribution in [3.05, 3.63) is 47.2 Å². The maximum atomic E-state index is 13.5. The fraction of sp³-hybridized carbons (Fsp3) is 0.435. The van der Waals surface area contributed by atoms with Gasteiger partial charge in [-0.05, 0) is 43.0 Å². The van der Waals surface area contributed by atoms with E-state index in [2.05, 4.69) is 10.3 Å². The number of amidine groups is 1. The number of aliphatic imine (C=N–C) groups is 1. The highest BCUT2D eigenvalue weighted by Gasteiger charge is 2.55. The van der Waals surface area contributed by atoms with Crippen LogP contribution in [-0.4, -0.2) is 39.9 Å². The molecule has 1 unspecified atom stereocenters. The Morgan fingerprint density at radius 3 is 2.82 bits per heavy atom. The molecule has 1 spiro atoms. The molecule has 1 fully saturated rings. The van der Waals surface area contributed by atoms with E-state index in [4.69, 9.17) is 27.1 Å². The third-order valence-electron chi connectivity index (χ3n) is 6.65. The van der Waals surface area contributed by atoms with Gasteiger partial charge in [-0.2, -0.15) is 8.78 Å². The lowest BCUT2D eigenvalue weighted by molar-refractivity contribution is -0.144. The van der Waals surface area contributed by atoms with Crippen molar-refractivity contribution in [2.75, 3.05) is 5.75 Å². The summed E-state index contributed by atoms with van der Waals surface area (Å²) in [4.78, 5) is 21.0. The number of nitrogens with one attached hydrogen (secondary N) is 1. The number of carbonyl (C=O) groups is 1. The molecule has 1 aromatic carbocycles. The molecular formula is C23H23ClF2N4O2S. The number of thioether (sulfide) groups is 1. The first-order valence-electron chi connectivity index (χ1n) is 10.7. The van der Waals surface area contributed by atoms with Crippen LogP contribution in [0.1, 0.15) is 31.7 Å². The quantitative estimate of drug-likeness (QED) is 0.664. The predicted octanol–water partition coefficient (Wildman–Crippen LogP) is 4.36. The van der Waals surface area contributed by atoms with Crippen LogP contribution in [0, 0.1) is 5.92 Å². The molecule has 6 nitrogen and oxygen atoms in total. The van der Waals surface area contributed by atoms with Crippen molar-refractivity contribution in [2.45, 2.75) is 49.8 Å². The average molecular weight is 493 g/mol. The van der Waals surface area contributed by atoms with Crippen LogP contribution in [0.15, 0.2) is 41.7 Å². The summed E-state index contributed by atoms with van der Waals surface area (Å²) in [5, 5.41) is 3.55. The average Bonchev–Trinajstić information content (AvgIpc) is 3.16. The minimum absolute atomic E-state index is 0.115. The van der Waals surface area contributed by atoms with E-state index in [9.17, 15) is 13.6 Å². The molecule has 33 heavy (non-hydrogen) atoms. The summed E-state index contributed by atoms with van der Waals surface area (Å²) in [6, 6.07) is 7.39. The van der Waals surface area contributed by atoms with Gasteiger partial charge < -0.3 is 15.8 Å². The van der Waals surface area contributed by atoms with E-state index in [1.54, 1.807) is 12.4 Å². The number of fused-ring (bicyclic) bond motifs is 4. The number of carbonyl (C=O) groups excluding carboxylic acids is 1. The molecule has 2 aromatic rings. The number of aromatic nitrogens is 1. The predicted molar refractivity (Wildman–Crippen MR) is 125 cm³/mol. The Kier molecular flexibility index (Phi) is 5.52. The highest BCUT2D eigenvalue weighted by atomic mass is 35.5. The maximum Gasteiger partial charge on any atom is 0.321 e. The zero-order chi connectivity index (χ0) is 23.4. The van der Waals surface area contributed by atoms with E-state index in [0.717, 1.165) is 22.4 Å². The summed E-state index contributed by atoms with van der Waals surface area (Å²) in [5.41, 5.74) is 8.17. The van der Waals surface area contributed by atoms with Gasteiger partial charge in [0.25, 0.3) is 5.91 Å². The van der Waals surface area contributed by atoms with Gasteiger partial charge in [0.15, 0.2) is 5.17 Å². The number of hydrogen-bond donors (Lipinski definition) is 2. The van der Waals surface area contributed by atoms with E-state index in [1.807, 2.05) is 24.3 Å². The number of halogens is 3. The summed E-state index contributed by atoms with van der Waals surface area (Å²) in [6.45, 7) is 0.611. The molecule has 3 heterocycles. The van der Waals surface area contributed by atoms with Crippen LogP contribution >= 0.6 is 23.4 Å². The Bertz CT molecular complexity index is 1140. The number of hydrogen-bond acceptors (Lipinski definition) is 6. The molecule has 174 valence electrons. The monoisotopic (exact) mass is 492 g/mol. The number of alkyl halides is 2. The molecule has 5 rings (SSSR count). The molecule has 0 radical (unpaired) electrons. The van der Waals surface area contributed by atoms with Crippen LogP contribution in [0.3, 0.4) is 0 Å². The first-order valence-corrected chi connectivity index (χ1v) is 12.1. The van der Waals surface area contributed by atoms with Crippen molar-refractivity contribution >= 4 is 34.4 Å². The van der Waals surface area contributed by atoms with Gasteiger partial charge in [-0.25, -0.2) is 4.99 Å². The lowest BCUT2D eigenvalue weighted by atomic mass is 9.67. The van der Waals surface area contributed by atoms with Crippen molar-refractivity contribution in [2.24, 2.45) is 16.6 Å². The summed E-state index contributed by atoms with van der Waals surface area (Å²) < 4.78 is 33.3. The van der Waals surface area contributed by atoms with Crippen molar-refractivity contribution in [3.63, 3.8) is 0 Å². The third kappa shape index (κ3) is 4.05. The molecule has 3 N–H and O–H groups in total. The van der Waals surface area contributed by atoms with E-state index in [0.29, 0.717) is 42.1 Å². The number of nitrogens with zero attached hydrogens (tertiary/aromatic N) is 2. The minimum atomic E-state index is -3.42. The number of benzene rings is 1. The normalized spacial score (nSPS) is 28.5. The lowest BCUT2D eigenvalue weighted by Gasteiger charge is -2.48. The Hall–Kier alpha value is -2.39.